The highest BCUT2D eigenvalue weighted by molar-refractivity contribution is 8.29. The van der Waals surface area contributed by atoms with Crippen LogP contribution in [-0.2, 0) is 32.7 Å². The molecule has 7 N–H and O–H groups in total. The van der Waals surface area contributed by atoms with Crippen LogP contribution in [0.25, 0.3) is 0 Å². The molecule has 0 aromatic carbocycles. The topological polar surface area (TPSA) is 198 Å². The maximum absolute atomic E-state index is 14.1. The average molecular weight is 741 g/mol. The maximum Gasteiger partial charge on any atom is 0.311 e. The number of nitrogens with one attached hydrogen (secondary N) is 2. The highest BCUT2D eigenvalue weighted by Gasteiger charge is 2.51. The van der Waals surface area contributed by atoms with Crippen molar-refractivity contribution in [1.29, 1.82) is 0 Å². The molecule has 14 nitrogen and oxygen atoms in total. The van der Waals surface area contributed by atoms with Crippen LogP contribution in [-0.4, -0.2) is 148 Å². The van der Waals surface area contributed by atoms with Crippen molar-refractivity contribution in [1.82, 2.24) is 10.6 Å². The van der Waals surface area contributed by atoms with Crippen LogP contribution in [0.15, 0.2) is 0 Å². The molecule has 3 heterocycles. The summed E-state index contributed by atoms with van der Waals surface area (Å²) < 4.78 is 37.3. The minimum atomic E-state index is -2.05. The molecular weight excluding hydrogens is 672 g/mol. The van der Waals surface area contributed by atoms with Gasteiger partial charge < -0.3 is 64.0 Å². The van der Waals surface area contributed by atoms with Crippen molar-refractivity contribution in [2.24, 2.45) is 17.8 Å². The summed E-state index contributed by atoms with van der Waals surface area (Å²) in [7, 11) is 1.24. The van der Waals surface area contributed by atoms with Crippen molar-refractivity contribution in [2.45, 2.75) is 166 Å². The van der Waals surface area contributed by atoms with E-state index in [9.17, 15) is 30.3 Å². The molecule has 50 heavy (non-hydrogen) atoms. The van der Waals surface area contributed by atoms with E-state index in [1.807, 2.05) is 27.0 Å². The highest BCUT2D eigenvalue weighted by atomic mass is 32.3. The largest absolute Gasteiger partial charge is 0.459 e. The number of hydrogen-bond acceptors (Lipinski definition) is 14. The van der Waals surface area contributed by atoms with Crippen molar-refractivity contribution in [3.8, 4) is 0 Å². The lowest BCUT2D eigenvalue weighted by atomic mass is 9.78. The summed E-state index contributed by atoms with van der Waals surface area (Å²) in [6.07, 6.45) is -5.49. The summed E-state index contributed by atoms with van der Waals surface area (Å²) in [6, 6.07) is -0.904. The summed E-state index contributed by atoms with van der Waals surface area (Å²) in [6.45, 7) is 16.1. The molecule has 3 saturated heterocycles. The van der Waals surface area contributed by atoms with Gasteiger partial charge in [0.15, 0.2) is 12.6 Å². The zero-order valence-electron chi connectivity index (χ0n) is 32.2. The van der Waals surface area contributed by atoms with Crippen LogP contribution in [0.3, 0.4) is 0 Å². The van der Waals surface area contributed by atoms with E-state index in [1.54, 1.807) is 48.8 Å². The van der Waals surface area contributed by atoms with Crippen molar-refractivity contribution in [3.63, 3.8) is 0 Å². The van der Waals surface area contributed by atoms with Gasteiger partial charge in [0, 0.05) is 25.1 Å². The Balaban J connectivity index is 2.14. The predicted octanol–water partition coefficient (Wildman–Crippen LogP) is 1.37. The lowest BCUT2D eigenvalue weighted by Gasteiger charge is -2.50. The molecule has 1 unspecified atom stereocenters. The van der Waals surface area contributed by atoms with E-state index < -0.39 is 100.0 Å². The number of ether oxygens (including phenoxy) is 5. The molecule has 0 amide bonds. The molecule has 18 atom stereocenters. The summed E-state index contributed by atoms with van der Waals surface area (Å²) in [5.41, 5.74) is -4.20. The Morgan fingerprint density at radius 2 is 1.68 bits per heavy atom. The number of aliphatic hydroxyl groups is 5. The molecule has 3 fully saturated rings. The van der Waals surface area contributed by atoms with Gasteiger partial charge in [0.2, 0.25) is 0 Å². The fourth-order valence-corrected chi connectivity index (χ4v) is 10.0. The first-order valence-corrected chi connectivity index (χ1v) is 20.4. The van der Waals surface area contributed by atoms with E-state index in [0.717, 1.165) is 0 Å². The van der Waals surface area contributed by atoms with Crippen molar-refractivity contribution in [2.75, 3.05) is 32.7 Å². The molecule has 15 heteroatoms. The number of aliphatic hydroxyl groups excluding tert-OH is 3. The minimum Gasteiger partial charge on any atom is -0.459 e. The quantitative estimate of drug-likeness (QED) is 0.185. The van der Waals surface area contributed by atoms with E-state index in [1.165, 1.54) is 6.92 Å². The third-order valence-corrected chi connectivity index (χ3v) is 14.2. The third kappa shape index (κ3) is 9.90. The van der Waals surface area contributed by atoms with Gasteiger partial charge in [0.05, 0.1) is 41.7 Å². The number of carbonyl (C=O) groups excluding carboxylic acids is 1. The highest BCUT2D eigenvalue weighted by Crippen LogP contribution is 2.54. The zero-order chi connectivity index (χ0) is 37.9. The van der Waals surface area contributed by atoms with Gasteiger partial charge in [-0.15, -0.1) is 10.3 Å². The van der Waals surface area contributed by atoms with Crippen LogP contribution in [0.4, 0.5) is 0 Å². The van der Waals surface area contributed by atoms with Gasteiger partial charge in [-0.2, -0.15) is 0 Å². The Morgan fingerprint density at radius 1 is 1.04 bits per heavy atom. The van der Waals surface area contributed by atoms with E-state index >= 15 is 0 Å². The fourth-order valence-electron chi connectivity index (χ4n) is 7.92. The number of likely N-dealkylation sites (N-methyl/N-ethyl adjacent to an activating group) is 1. The van der Waals surface area contributed by atoms with E-state index in [-0.39, 0.29) is 36.7 Å². The molecule has 3 rings (SSSR count). The summed E-state index contributed by atoms with van der Waals surface area (Å²) >= 11 is 0. The second-order valence-electron chi connectivity index (χ2n) is 15.7. The maximum atomic E-state index is 14.1. The first kappa shape index (κ1) is 43.7. The van der Waals surface area contributed by atoms with Crippen LogP contribution in [0.2, 0.25) is 0 Å². The van der Waals surface area contributed by atoms with Crippen LogP contribution < -0.4 is 10.6 Å². The van der Waals surface area contributed by atoms with Gasteiger partial charge in [-0.25, -0.2) is 0 Å². The number of esters is 1. The lowest BCUT2D eigenvalue weighted by Crippen LogP contribution is -2.59. The number of hydrogen-bond donors (Lipinski definition) is 7. The standard InChI is InChI=1S/C35H68N2O12S/c1-13-25-35(9,43)29(39)22(6)37-16-18(2)15-34(8,42)30(49-33-27(38)24(36-10)14-19(3)45-33)20(4)28(21(5)31(40)47-25)48-26-17-50(12,44-11)32(41)23(7)46-26/h18-30,32-33,36-39,41-43H,13-17H2,1-12H3/t18-,19-,20+,21-,22-,23+,24+,25-,26+,27-,28+,29-,30-,32-,33+,34-,35-/m1/s1. The Labute approximate surface area is 300 Å². The molecule has 0 bridgehead atoms. The summed E-state index contributed by atoms with van der Waals surface area (Å²) in [5.74, 6) is -2.36. The van der Waals surface area contributed by atoms with Gasteiger partial charge >= 0.3 is 5.97 Å². The normalized spacial score (nSPS) is 51.9. The average Bonchev–Trinajstić information content (AvgIpc) is 3.05. The molecular formula is C35H68N2O12S. The molecule has 3 aliphatic heterocycles. The molecule has 0 radical (unpaired) electrons. The fraction of sp³-hybridized carbons (Fsp3) is 0.971. The van der Waals surface area contributed by atoms with Crippen LogP contribution in [0.1, 0.15) is 81.6 Å². The van der Waals surface area contributed by atoms with Gasteiger partial charge in [0.1, 0.15) is 29.3 Å². The lowest BCUT2D eigenvalue weighted by molar-refractivity contribution is -0.300. The monoisotopic (exact) mass is 740 g/mol. The molecule has 3 aliphatic rings. The third-order valence-electron chi connectivity index (χ3n) is 11.1. The smallest absolute Gasteiger partial charge is 0.311 e. The van der Waals surface area contributed by atoms with Crippen molar-refractivity contribution < 1.29 is 58.2 Å². The summed E-state index contributed by atoms with van der Waals surface area (Å²) in [5, 5.41) is 63.8. The number of cyclic esters (lactones) is 1. The SMILES string of the molecule is CC[C@H]1OC(=O)[C@H](C)[C@@H](O[C@H]2CS(C)(OC)[C@@H](O)[C@H](C)O2)[C@H](C)[C@@H](O[C@@H]2O[C@H](C)C[C@H](NC)[C@H]2O)[C@](C)(O)C[C@@H](C)CN[C@H](C)[C@@H](O)[C@]1(C)O. The van der Waals surface area contributed by atoms with Crippen molar-refractivity contribution in [3.05, 3.63) is 0 Å². The Hall–Kier alpha value is -0.660. The van der Waals surface area contributed by atoms with E-state index in [0.29, 0.717) is 13.0 Å². The Kier molecular flexibility index (Phi) is 15.4. The molecule has 0 saturated carbocycles. The van der Waals surface area contributed by atoms with Gasteiger partial charge in [-0.05, 0) is 86.6 Å². The Morgan fingerprint density at radius 3 is 2.26 bits per heavy atom. The Bertz CT molecular complexity index is 1090. The number of rotatable bonds is 7. The first-order valence-electron chi connectivity index (χ1n) is 18.2. The minimum absolute atomic E-state index is 0.152. The van der Waals surface area contributed by atoms with Gasteiger partial charge in [-0.1, -0.05) is 20.8 Å². The van der Waals surface area contributed by atoms with Crippen molar-refractivity contribution >= 4 is 16.3 Å². The van der Waals surface area contributed by atoms with Gasteiger partial charge in [0.25, 0.3) is 0 Å². The van der Waals surface area contributed by atoms with E-state index in [2.05, 4.69) is 10.6 Å². The first-order chi connectivity index (χ1) is 23.1. The van der Waals surface area contributed by atoms with Crippen LogP contribution in [0.5, 0.6) is 0 Å². The second-order valence-corrected chi connectivity index (χ2v) is 19.0. The molecule has 296 valence electrons. The number of carbonyl (C=O) groups is 1. The van der Waals surface area contributed by atoms with Crippen LogP contribution in [0, 0.1) is 17.8 Å². The zero-order valence-corrected chi connectivity index (χ0v) is 33.0. The van der Waals surface area contributed by atoms with Gasteiger partial charge in [-0.3, -0.25) is 4.79 Å². The predicted molar refractivity (Wildman–Crippen MR) is 190 cm³/mol. The van der Waals surface area contributed by atoms with Crippen LogP contribution >= 0.6 is 10.3 Å². The summed E-state index contributed by atoms with van der Waals surface area (Å²) in [4.78, 5) is 14.1. The molecule has 0 aromatic rings. The second kappa shape index (κ2) is 17.7. The molecule has 0 spiro atoms. The molecule has 0 aromatic heterocycles. The van der Waals surface area contributed by atoms with E-state index in [4.69, 9.17) is 27.9 Å². The molecule has 0 aliphatic carbocycles.